The van der Waals surface area contributed by atoms with Gasteiger partial charge in [0.1, 0.15) is 5.60 Å². The van der Waals surface area contributed by atoms with Crippen molar-refractivity contribution in [1.29, 1.82) is 0 Å². The summed E-state index contributed by atoms with van der Waals surface area (Å²) in [6.07, 6.45) is 1.13. The molecule has 2 amide bonds. The van der Waals surface area contributed by atoms with E-state index in [1.54, 1.807) is 11.8 Å². The predicted molar refractivity (Wildman–Crippen MR) is 64.3 cm³/mol. The van der Waals surface area contributed by atoms with E-state index < -0.39 is 11.0 Å². The zero-order valence-corrected chi connectivity index (χ0v) is 11.1. The Labute approximate surface area is 102 Å². The molecule has 1 rings (SSSR count). The lowest BCUT2D eigenvalue weighted by molar-refractivity contribution is -0.129. The first kappa shape index (κ1) is 13.8. The van der Waals surface area contributed by atoms with Crippen molar-refractivity contribution < 1.29 is 14.3 Å². The van der Waals surface area contributed by atoms with E-state index in [1.807, 2.05) is 20.8 Å². The van der Waals surface area contributed by atoms with Gasteiger partial charge >= 0.3 is 6.09 Å². The number of rotatable bonds is 1. The number of ether oxygens (including phenoxy) is 1. The van der Waals surface area contributed by atoms with E-state index in [9.17, 15) is 9.59 Å². The molecule has 1 atom stereocenters. The number of hydrogen-bond acceptors (Lipinski definition) is 3. The van der Waals surface area contributed by atoms with Crippen molar-refractivity contribution in [1.82, 2.24) is 4.90 Å². The van der Waals surface area contributed by atoms with Crippen molar-refractivity contribution in [3.63, 3.8) is 0 Å². The number of hydrogen-bond donors (Lipinski definition) is 1. The maximum atomic E-state index is 11.9. The van der Waals surface area contributed by atoms with Crippen molar-refractivity contribution in [3.8, 4) is 0 Å². The molecule has 0 aliphatic carbocycles. The Bertz CT molecular complexity index is 322. The molecule has 5 heteroatoms. The van der Waals surface area contributed by atoms with Gasteiger partial charge in [0.05, 0.1) is 5.41 Å². The number of piperidine rings is 1. The number of nitrogens with two attached hydrogens (primary N) is 1. The van der Waals surface area contributed by atoms with Crippen molar-refractivity contribution in [2.24, 2.45) is 11.1 Å². The SMILES string of the molecule is CC(C)(C)OC(=O)N1CCCC(C)(C(N)=O)C1. The lowest BCUT2D eigenvalue weighted by atomic mass is 9.81. The molecule has 0 radical (unpaired) electrons. The number of primary amides is 1. The van der Waals surface area contributed by atoms with Crippen LogP contribution in [0, 0.1) is 5.41 Å². The first-order valence-corrected chi connectivity index (χ1v) is 5.92. The van der Waals surface area contributed by atoms with Gasteiger partial charge in [-0.1, -0.05) is 0 Å². The number of carbonyl (C=O) groups excluding carboxylic acids is 2. The molecule has 1 unspecified atom stereocenters. The molecule has 0 bridgehead atoms. The molecule has 1 aliphatic rings. The van der Waals surface area contributed by atoms with Gasteiger partial charge in [0.2, 0.25) is 5.91 Å². The van der Waals surface area contributed by atoms with Gasteiger partial charge in [-0.25, -0.2) is 4.79 Å². The van der Waals surface area contributed by atoms with Gasteiger partial charge < -0.3 is 15.4 Å². The quantitative estimate of drug-likeness (QED) is 0.757. The molecule has 0 spiro atoms. The molecule has 1 heterocycles. The Morgan fingerprint density at radius 1 is 1.35 bits per heavy atom. The summed E-state index contributed by atoms with van der Waals surface area (Å²) in [6, 6.07) is 0. The van der Waals surface area contributed by atoms with Gasteiger partial charge in [-0.3, -0.25) is 4.79 Å². The number of nitrogens with zero attached hydrogens (tertiary/aromatic N) is 1. The summed E-state index contributed by atoms with van der Waals surface area (Å²) in [7, 11) is 0. The fraction of sp³-hybridized carbons (Fsp3) is 0.833. The predicted octanol–water partition coefficient (Wildman–Crippen LogP) is 1.51. The summed E-state index contributed by atoms with van der Waals surface area (Å²) in [5.74, 6) is -0.356. The van der Waals surface area contributed by atoms with Crippen molar-refractivity contribution in [2.75, 3.05) is 13.1 Å². The first-order chi connectivity index (χ1) is 7.64. The van der Waals surface area contributed by atoms with Crippen molar-refractivity contribution >= 4 is 12.0 Å². The second kappa shape index (κ2) is 4.55. The Morgan fingerprint density at radius 3 is 2.41 bits per heavy atom. The van der Waals surface area contributed by atoms with Crippen LogP contribution < -0.4 is 5.73 Å². The smallest absolute Gasteiger partial charge is 0.410 e. The number of likely N-dealkylation sites (tertiary alicyclic amines) is 1. The third kappa shape index (κ3) is 3.61. The van der Waals surface area contributed by atoms with E-state index in [0.717, 1.165) is 12.8 Å². The van der Waals surface area contributed by atoms with E-state index in [0.29, 0.717) is 13.1 Å². The zero-order chi connectivity index (χ0) is 13.3. The maximum Gasteiger partial charge on any atom is 0.410 e. The highest BCUT2D eigenvalue weighted by Gasteiger charge is 2.39. The molecular weight excluding hydrogens is 220 g/mol. The molecule has 1 aliphatic heterocycles. The Balaban J connectivity index is 2.67. The average molecular weight is 242 g/mol. The number of amides is 2. The highest BCUT2D eigenvalue weighted by molar-refractivity contribution is 5.81. The lowest BCUT2D eigenvalue weighted by Gasteiger charge is -2.38. The molecule has 98 valence electrons. The molecule has 0 aromatic heterocycles. The largest absolute Gasteiger partial charge is 0.444 e. The van der Waals surface area contributed by atoms with Gasteiger partial charge in [-0.2, -0.15) is 0 Å². The van der Waals surface area contributed by atoms with Gasteiger partial charge in [0.25, 0.3) is 0 Å². The second-order valence-electron chi connectivity index (χ2n) is 5.93. The zero-order valence-electron chi connectivity index (χ0n) is 11.1. The minimum Gasteiger partial charge on any atom is -0.444 e. The van der Waals surface area contributed by atoms with E-state index in [2.05, 4.69) is 0 Å². The summed E-state index contributed by atoms with van der Waals surface area (Å²) in [4.78, 5) is 24.8. The van der Waals surface area contributed by atoms with Crippen LogP contribution >= 0.6 is 0 Å². The summed E-state index contributed by atoms with van der Waals surface area (Å²) < 4.78 is 5.29. The van der Waals surface area contributed by atoms with Crippen LogP contribution in [0.3, 0.4) is 0 Å². The summed E-state index contributed by atoms with van der Waals surface area (Å²) in [5, 5.41) is 0. The minimum atomic E-state index is -0.630. The van der Waals surface area contributed by atoms with Crippen molar-refractivity contribution in [2.45, 2.75) is 46.1 Å². The average Bonchev–Trinajstić information content (AvgIpc) is 2.15. The van der Waals surface area contributed by atoms with Gasteiger partial charge in [0.15, 0.2) is 0 Å². The van der Waals surface area contributed by atoms with Gasteiger partial charge in [-0.05, 0) is 40.5 Å². The van der Waals surface area contributed by atoms with E-state index >= 15 is 0 Å². The Kier molecular flexibility index (Phi) is 3.69. The minimum absolute atomic E-state index is 0.344. The van der Waals surface area contributed by atoms with E-state index in [4.69, 9.17) is 10.5 Å². The first-order valence-electron chi connectivity index (χ1n) is 5.92. The standard InChI is InChI=1S/C12H22N2O3/c1-11(2,3)17-10(16)14-7-5-6-12(4,8-14)9(13)15/h5-8H2,1-4H3,(H2,13,15). The summed E-state index contributed by atoms with van der Waals surface area (Å²) in [5.41, 5.74) is 4.23. The van der Waals surface area contributed by atoms with Crippen LogP contribution in [0.4, 0.5) is 4.79 Å². The fourth-order valence-corrected chi connectivity index (χ4v) is 1.92. The van der Waals surface area contributed by atoms with Crippen LogP contribution in [-0.2, 0) is 9.53 Å². The topological polar surface area (TPSA) is 72.6 Å². The van der Waals surface area contributed by atoms with Gasteiger partial charge in [-0.15, -0.1) is 0 Å². The molecule has 5 nitrogen and oxygen atoms in total. The van der Waals surface area contributed by atoms with Crippen molar-refractivity contribution in [3.05, 3.63) is 0 Å². The molecule has 0 saturated carbocycles. The summed E-state index contributed by atoms with van der Waals surface area (Å²) >= 11 is 0. The van der Waals surface area contributed by atoms with Crippen LogP contribution in [0.25, 0.3) is 0 Å². The van der Waals surface area contributed by atoms with E-state index in [-0.39, 0.29) is 12.0 Å². The molecule has 0 aromatic carbocycles. The maximum absolute atomic E-state index is 11.9. The molecule has 2 N–H and O–H groups in total. The van der Waals surface area contributed by atoms with Gasteiger partial charge in [0, 0.05) is 13.1 Å². The molecule has 1 saturated heterocycles. The van der Waals surface area contributed by atoms with E-state index in [1.165, 1.54) is 0 Å². The third-order valence-electron chi connectivity index (χ3n) is 2.94. The third-order valence-corrected chi connectivity index (χ3v) is 2.94. The normalized spacial score (nSPS) is 25.5. The lowest BCUT2D eigenvalue weighted by Crippen LogP contribution is -2.51. The van der Waals surface area contributed by atoms with Crippen LogP contribution in [0.2, 0.25) is 0 Å². The Morgan fingerprint density at radius 2 is 1.94 bits per heavy atom. The summed E-state index contributed by atoms with van der Waals surface area (Å²) in [6.45, 7) is 8.23. The van der Waals surface area contributed by atoms with Crippen LogP contribution in [0.5, 0.6) is 0 Å². The monoisotopic (exact) mass is 242 g/mol. The van der Waals surface area contributed by atoms with Crippen LogP contribution in [0.1, 0.15) is 40.5 Å². The highest BCUT2D eigenvalue weighted by atomic mass is 16.6. The fourth-order valence-electron chi connectivity index (χ4n) is 1.92. The number of carbonyl (C=O) groups is 2. The van der Waals surface area contributed by atoms with Crippen LogP contribution in [-0.4, -0.2) is 35.6 Å². The highest BCUT2D eigenvalue weighted by Crippen LogP contribution is 2.29. The molecular formula is C12H22N2O3. The van der Waals surface area contributed by atoms with Crippen LogP contribution in [0.15, 0.2) is 0 Å². The molecule has 17 heavy (non-hydrogen) atoms. The molecule has 1 fully saturated rings. The Hall–Kier alpha value is -1.26. The molecule has 0 aromatic rings. The second-order valence-corrected chi connectivity index (χ2v) is 5.93.